The van der Waals surface area contributed by atoms with Crippen LogP contribution >= 0.6 is 27.3 Å². The first-order valence-corrected chi connectivity index (χ1v) is 7.72. The van der Waals surface area contributed by atoms with Crippen LogP contribution in [0.25, 0.3) is 0 Å². The van der Waals surface area contributed by atoms with Crippen molar-refractivity contribution in [3.8, 4) is 0 Å². The Morgan fingerprint density at radius 2 is 2.05 bits per heavy atom. The Morgan fingerprint density at radius 3 is 2.76 bits per heavy atom. The Hall–Kier alpha value is -1.99. The summed E-state index contributed by atoms with van der Waals surface area (Å²) in [4.78, 5) is 24.4. The van der Waals surface area contributed by atoms with Gasteiger partial charge in [0.25, 0.3) is 11.8 Å². The van der Waals surface area contributed by atoms with E-state index in [9.17, 15) is 9.59 Å². The van der Waals surface area contributed by atoms with Crippen LogP contribution < -0.4 is 10.7 Å². The number of rotatable bonds is 5. The molecule has 0 aliphatic heterocycles. The lowest BCUT2D eigenvalue weighted by molar-refractivity contribution is -0.120. The summed E-state index contributed by atoms with van der Waals surface area (Å²) in [6.07, 6.45) is 1.55. The molecule has 0 spiro atoms. The fourth-order valence-corrected chi connectivity index (χ4v) is 2.52. The van der Waals surface area contributed by atoms with Gasteiger partial charge < -0.3 is 5.32 Å². The third kappa shape index (κ3) is 4.80. The van der Waals surface area contributed by atoms with Crippen LogP contribution in [0, 0.1) is 0 Å². The number of hydrazone groups is 1. The number of nitrogens with one attached hydrogen (secondary N) is 2. The first-order valence-electron chi connectivity index (χ1n) is 6.05. The average molecular weight is 366 g/mol. The molecule has 1 aromatic heterocycles. The van der Waals surface area contributed by atoms with Crippen LogP contribution in [0.1, 0.15) is 15.2 Å². The van der Waals surface area contributed by atoms with Gasteiger partial charge in [0.15, 0.2) is 0 Å². The molecular formula is C14H12BrN3O2S. The second-order valence-electron chi connectivity index (χ2n) is 3.97. The summed E-state index contributed by atoms with van der Waals surface area (Å²) in [6.45, 7) is -0.137. The predicted molar refractivity (Wildman–Crippen MR) is 86.5 cm³/mol. The zero-order chi connectivity index (χ0) is 15.1. The van der Waals surface area contributed by atoms with Crippen LogP contribution in [0.15, 0.2) is 51.4 Å². The van der Waals surface area contributed by atoms with Gasteiger partial charge in [-0.3, -0.25) is 9.59 Å². The van der Waals surface area contributed by atoms with E-state index in [1.807, 2.05) is 23.6 Å². The molecule has 2 aromatic rings. The number of nitrogens with zero attached hydrogens (tertiary/aromatic N) is 1. The molecule has 0 aliphatic carbocycles. The lowest BCUT2D eigenvalue weighted by Gasteiger charge is -2.05. The smallest absolute Gasteiger partial charge is 0.259 e. The lowest BCUT2D eigenvalue weighted by Crippen LogP contribution is -2.35. The Kier molecular flexibility index (Phi) is 5.65. The van der Waals surface area contributed by atoms with Crippen molar-refractivity contribution in [1.82, 2.24) is 10.7 Å². The summed E-state index contributed by atoms with van der Waals surface area (Å²) in [6, 6.07) is 10.8. The number of hydrogen-bond acceptors (Lipinski definition) is 4. The first-order chi connectivity index (χ1) is 10.2. The van der Waals surface area contributed by atoms with Gasteiger partial charge in [-0.15, -0.1) is 11.3 Å². The summed E-state index contributed by atoms with van der Waals surface area (Å²) < 4.78 is 0.679. The van der Waals surface area contributed by atoms with Gasteiger partial charge in [-0.25, -0.2) is 5.43 Å². The van der Waals surface area contributed by atoms with E-state index in [2.05, 4.69) is 31.8 Å². The maximum absolute atomic E-state index is 11.9. The predicted octanol–water partition coefficient (Wildman–Crippen LogP) is 2.39. The van der Waals surface area contributed by atoms with Crippen LogP contribution in [0.3, 0.4) is 0 Å². The van der Waals surface area contributed by atoms with E-state index < -0.39 is 0 Å². The maximum atomic E-state index is 11.9. The molecule has 0 bridgehead atoms. The molecule has 108 valence electrons. The minimum absolute atomic E-state index is 0.137. The number of carbonyl (C=O) groups is 2. The topological polar surface area (TPSA) is 70.6 Å². The molecule has 1 heterocycles. The average Bonchev–Trinajstić information content (AvgIpc) is 2.98. The highest BCUT2D eigenvalue weighted by molar-refractivity contribution is 9.10. The normalized spacial score (nSPS) is 10.5. The minimum atomic E-state index is -0.386. The van der Waals surface area contributed by atoms with Gasteiger partial charge >= 0.3 is 0 Å². The van der Waals surface area contributed by atoms with Crippen LogP contribution in [0.2, 0.25) is 0 Å². The van der Waals surface area contributed by atoms with E-state index in [1.54, 1.807) is 24.4 Å². The van der Waals surface area contributed by atoms with E-state index >= 15 is 0 Å². The van der Waals surface area contributed by atoms with Gasteiger partial charge in [0.05, 0.1) is 18.3 Å². The molecule has 7 heteroatoms. The molecule has 0 atom stereocenters. The largest absolute Gasteiger partial charge is 0.343 e. The second kappa shape index (κ2) is 7.70. The van der Waals surface area contributed by atoms with Crippen LogP contribution in [0.5, 0.6) is 0 Å². The van der Waals surface area contributed by atoms with Crippen molar-refractivity contribution >= 4 is 45.3 Å². The molecule has 2 N–H and O–H groups in total. The third-order valence-electron chi connectivity index (χ3n) is 2.45. The summed E-state index contributed by atoms with van der Waals surface area (Å²) in [5, 5.41) is 8.26. The molecule has 2 rings (SSSR count). The standard InChI is InChI=1S/C14H12BrN3O2S/c15-12-6-2-1-5-11(12)14(20)16-9-13(19)18-17-8-10-4-3-7-21-10/h1-8H,9H2,(H,16,20)(H,18,19)/b17-8+. The van der Waals surface area contributed by atoms with Crippen molar-refractivity contribution < 1.29 is 9.59 Å². The van der Waals surface area contributed by atoms with Gasteiger partial charge in [0.2, 0.25) is 0 Å². The number of benzene rings is 1. The summed E-state index contributed by atoms with van der Waals surface area (Å²) in [5.74, 6) is -0.705. The van der Waals surface area contributed by atoms with Gasteiger partial charge in [0, 0.05) is 9.35 Å². The van der Waals surface area contributed by atoms with E-state index in [0.717, 1.165) is 4.88 Å². The molecule has 0 saturated carbocycles. The lowest BCUT2D eigenvalue weighted by atomic mass is 10.2. The van der Waals surface area contributed by atoms with Gasteiger partial charge in [-0.1, -0.05) is 18.2 Å². The number of carbonyl (C=O) groups excluding carboxylic acids is 2. The number of halogens is 1. The quantitative estimate of drug-likeness (QED) is 0.630. The molecule has 5 nitrogen and oxygen atoms in total. The molecule has 0 fully saturated rings. The molecule has 0 radical (unpaired) electrons. The first kappa shape index (κ1) is 15.4. The fourth-order valence-electron chi connectivity index (χ4n) is 1.47. The molecule has 1 aromatic carbocycles. The maximum Gasteiger partial charge on any atom is 0.259 e. The summed E-state index contributed by atoms with van der Waals surface area (Å²) in [5.41, 5.74) is 2.83. The molecular weight excluding hydrogens is 354 g/mol. The van der Waals surface area contributed by atoms with Crippen molar-refractivity contribution in [2.45, 2.75) is 0 Å². The highest BCUT2D eigenvalue weighted by atomic mass is 79.9. The zero-order valence-electron chi connectivity index (χ0n) is 10.9. The Morgan fingerprint density at radius 1 is 1.24 bits per heavy atom. The fraction of sp³-hybridized carbons (Fsp3) is 0.0714. The third-order valence-corrected chi connectivity index (χ3v) is 3.95. The van der Waals surface area contributed by atoms with E-state index in [4.69, 9.17) is 0 Å². The van der Waals surface area contributed by atoms with Crippen LogP contribution in [-0.4, -0.2) is 24.6 Å². The Labute approximate surface area is 134 Å². The summed E-state index contributed by atoms with van der Waals surface area (Å²) in [7, 11) is 0. The molecule has 0 unspecified atom stereocenters. The van der Waals surface area contributed by atoms with E-state index in [-0.39, 0.29) is 18.4 Å². The van der Waals surface area contributed by atoms with Crippen molar-refractivity contribution in [1.29, 1.82) is 0 Å². The van der Waals surface area contributed by atoms with Crippen molar-refractivity contribution in [3.05, 3.63) is 56.7 Å². The van der Waals surface area contributed by atoms with Gasteiger partial charge in [0.1, 0.15) is 0 Å². The zero-order valence-corrected chi connectivity index (χ0v) is 13.3. The van der Waals surface area contributed by atoms with Crippen LogP contribution in [-0.2, 0) is 4.79 Å². The molecule has 2 amide bonds. The number of thiophene rings is 1. The SMILES string of the molecule is O=C(CNC(=O)c1ccccc1Br)N/N=C/c1cccs1. The second-order valence-corrected chi connectivity index (χ2v) is 5.80. The van der Waals surface area contributed by atoms with E-state index in [0.29, 0.717) is 10.0 Å². The molecule has 0 aliphatic rings. The van der Waals surface area contributed by atoms with Gasteiger partial charge in [-0.05, 0) is 39.5 Å². The summed E-state index contributed by atoms with van der Waals surface area (Å²) >= 11 is 4.80. The molecule has 21 heavy (non-hydrogen) atoms. The number of hydrogen-bond donors (Lipinski definition) is 2. The Balaban J connectivity index is 1.79. The van der Waals surface area contributed by atoms with E-state index in [1.165, 1.54) is 11.3 Å². The Bertz CT molecular complexity index is 656. The van der Waals surface area contributed by atoms with Crippen molar-refractivity contribution in [3.63, 3.8) is 0 Å². The highest BCUT2D eigenvalue weighted by Crippen LogP contribution is 2.15. The molecule has 0 saturated heterocycles. The van der Waals surface area contributed by atoms with Crippen molar-refractivity contribution in [2.75, 3.05) is 6.54 Å². The van der Waals surface area contributed by atoms with Crippen molar-refractivity contribution in [2.24, 2.45) is 5.10 Å². The van der Waals surface area contributed by atoms with Gasteiger partial charge in [-0.2, -0.15) is 5.10 Å². The number of amides is 2. The highest BCUT2D eigenvalue weighted by Gasteiger charge is 2.10. The van der Waals surface area contributed by atoms with Crippen LogP contribution in [0.4, 0.5) is 0 Å². The monoisotopic (exact) mass is 365 g/mol. The minimum Gasteiger partial charge on any atom is -0.343 e.